The highest BCUT2D eigenvalue weighted by molar-refractivity contribution is 5.77. The standard InChI is InChI=1S/C23H31F2NO4/c1-22(30,23(24,25)18-10-5-4-6-11-18)16-15-19-12-9-13-20(27)26(19)17-8-3-2-7-14-21(28)29/h4-6,10-11,15-16,19,30H,2-3,7-9,12-14,17H2,1H3,(H,28,29)/t19-,22-/m1/s1. The number of hydrogen-bond donors (Lipinski definition) is 2. The van der Waals surface area contributed by atoms with Gasteiger partial charge in [0.25, 0.3) is 0 Å². The molecule has 0 saturated carbocycles. The van der Waals surface area contributed by atoms with Gasteiger partial charge in [-0.3, -0.25) is 9.59 Å². The number of hydrogen-bond acceptors (Lipinski definition) is 3. The molecule has 1 fully saturated rings. The van der Waals surface area contributed by atoms with Gasteiger partial charge < -0.3 is 15.1 Å². The zero-order valence-electron chi connectivity index (χ0n) is 17.4. The van der Waals surface area contributed by atoms with Crippen LogP contribution in [0.1, 0.15) is 63.9 Å². The number of amides is 1. The number of rotatable bonds is 11. The lowest BCUT2D eigenvalue weighted by Crippen LogP contribution is -2.45. The van der Waals surface area contributed by atoms with E-state index in [1.165, 1.54) is 30.3 Å². The molecule has 5 nitrogen and oxygen atoms in total. The van der Waals surface area contributed by atoms with Crippen molar-refractivity contribution in [2.45, 2.75) is 75.9 Å². The van der Waals surface area contributed by atoms with Gasteiger partial charge in [0.2, 0.25) is 5.91 Å². The summed E-state index contributed by atoms with van der Waals surface area (Å²) in [5.41, 5.74) is -2.66. The SMILES string of the molecule is C[C@@](O)(C=C[C@H]1CCCC(=O)N1CCCCCCC(=O)O)C(F)(F)c1ccccc1. The van der Waals surface area contributed by atoms with E-state index in [9.17, 15) is 23.5 Å². The number of likely N-dealkylation sites (tertiary alicyclic amines) is 1. The van der Waals surface area contributed by atoms with E-state index in [2.05, 4.69) is 0 Å². The Bertz CT molecular complexity index is 734. The highest BCUT2D eigenvalue weighted by Gasteiger charge is 2.48. The monoisotopic (exact) mass is 423 g/mol. The molecule has 30 heavy (non-hydrogen) atoms. The first-order valence-electron chi connectivity index (χ1n) is 10.5. The van der Waals surface area contributed by atoms with Crippen molar-refractivity contribution in [3.63, 3.8) is 0 Å². The maximum absolute atomic E-state index is 14.8. The number of nitrogens with zero attached hydrogens (tertiary/aromatic N) is 1. The molecule has 0 radical (unpaired) electrons. The van der Waals surface area contributed by atoms with E-state index in [0.29, 0.717) is 32.2 Å². The number of carboxylic acid groups (broad SMARTS) is 1. The van der Waals surface area contributed by atoms with Crippen molar-refractivity contribution in [3.05, 3.63) is 48.0 Å². The second kappa shape index (κ2) is 10.7. The van der Waals surface area contributed by atoms with Crippen LogP contribution in [0.2, 0.25) is 0 Å². The molecule has 0 aliphatic carbocycles. The molecule has 1 aliphatic rings. The number of halogens is 2. The topological polar surface area (TPSA) is 77.8 Å². The van der Waals surface area contributed by atoms with E-state index in [1.54, 1.807) is 11.0 Å². The Morgan fingerprint density at radius 1 is 1.20 bits per heavy atom. The maximum Gasteiger partial charge on any atom is 0.304 e. The summed E-state index contributed by atoms with van der Waals surface area (Å²) in [4.78, 5) is 24.6. The Labute approximate surface area is 176 Å². The fourth-order valence-corrected chi connectivity index (χ4v) is 3.69. The van der Waals surface area contributed by atoms with Crippen molar-refractivity contribution < 1.29 is 28.6 Å². The number of aliphatic hydroxyl groups is 1. The first kappa shape index (κ1) is 24.0. The van der Waals surface area contributed by atoms with Crippen LogP contribution in [0.15, 0.2) is 42.5 Å². The minimum Gasteiger partial charge on any atom is -0.481 e. The van der Waals surface area contributed by atoms with Crippen LogP contribution < -0.4 is 0 Å². The Morgan fingerprint density at radius 3 is 2.53 bits per heavy atom. The van der Waals surface area contributed by atoms with E-state index < -0.39 is 17.5 Å². The summed E-state index contributed by atoms with van der Waals surface area (Å²) in [6.07, 6.45) is 7.45. The first-order valence-corrected chi connectivity index (χ1v) is 10.5. The molecule has 0 aromatic heterocycles. The van der Waals surface area contributed by atoms with Crippen LogP contribution in [-0.4, -0.2) is 45.2 Å². The first-order chi connectivity index (χ1) is 14.1. The average Bonchev–Trinajstić information content (AvgIpc) is 2.70. The molecule has 1 heterocycles. The largest absolute Gasteiger partial charge is 0.481 e. The van der Waals surface area contributed by atoms with E-state index in [1.807, 2.05) is 0 Å². The van der Waals surface area contributed by atoms with Gasteiger partial charge in [-0.25, -0.2) is 0 Å². The minimum atomic E-state index is -3.47. The molecule has 2 N–H and O–H groups in total. The van der Waals surface area contributed by atoms with E-state index in [-0.39, 0.29) is 23.9 Å². The van der Waals surface area contributed by atoms with Gasteiger partial charge >= 0.3 is 11.9 Å². The van der Waals surface area contributed by atoms with Crippen molar-refractivity contribution in [2.24, 2.45) is 0 Å². The molecule has 0 spiro atoms. The summed E-state index contributed by atoms with van der Waals surface area (Å²) < 4.78 is 29.6. The summed E-state index contributed by atoms with van der Waals surface area (Å²) in [7, 11) is 0. The van der Waals surface area contributed by atoms with Gasteiger partial charge in [-0.2, -0.15) is 8.78 Å². The van der Waals surface area contributed by atoms with Gasteiger partial charge in [0.05, 0.1) is 6.04 Å². The fraction of sp³-hybridized carbons (Fsp3) is 0.565. The number of unbranched alkanes of at least 4 members (excludes halogenated alkanes) is 3. The summed E-state index contributed by atoms with van der Waals surface area (Å²) in [6.45, 7) is 1.58. The summed E-state index contributed by atoms with van der Waals surface area (Å²) in [6, 6.07) is 6.87. The highest BCUT2D eigenvalue weighted by Crippen LogP contribution is 2.40. The predicted molar refractivity (Wildman–Crippen MR) is 110 cm³/mol. The normalized spacial score (nSPS) is 19.8. The third-order valence-corrected chi connectivity index (χ3v) is 5.57. The van der Waals surface area contributed by atoms with Gasteiger partial charge in [0, 0.05) is 24.9 Å². The predicted octanol–water partition coefficient (Wildman–Crippen LogP) is 4.50. The number of alkyl halides is 2. The molecule has 1 amide bonds. The molecule has 2 atom stereocenters. The molecular formula is C23H31F2NO4. The fourth-order valence-electron chi connectivity index (χ4n) is 3.69. The molecular weight excluding hydrogens is 392 g/mol. The summed E-state index contributed by atoms with van der Waals surface area (Å²) in [5.74, 6) is -4.31. The van der Waals surface area contributed by atoms with Gasteiger partial charge in [-0.05, 0) is 38.7 Å². The Morgan fingerprint density at radius 2 is 1.87 bits per heavy atom. The Balaban J connectivity index is 1.99. The molecule has 1 saturated heterocycles. The quantitative estimate of drug-likeness (QED) is 0.406. The van der Waals surface area contributed by atoms with Crippen molar-refractivity contribution in [3.8, 4) is 0 Å². The molecule has 2 rings (SSSR count). The number of piperidine rings is 1. The Hall–Kier alpha value is -2.28. The number of carboxylic acids is 1. The van der Waals surface area contributed by atoms with Gasteiger partial charge in [0.15, 0.2) is 0 Å². The molecule has 1 aromatic rings. The van der Waals surface area contributed by atoms with Crippen molar-refractivity contribution in [2.75, 3.05) is 6.54 Å². The smallest absolute Gasteiger partial charge is 0.304 e. The molecule has 166 valence electrons. The lowest BCUT2D eigenvalue weighted by molar-refractivity contribution is -0.152. The van der Waals surface area contributed by atoms with Crippen molar-refractivity contribution in [1.29, 1.82) is 0 Å². The van der Waals surface area contributed by atoms with Crippen LogP contribution >= 0.6 is 0 Å². The van der Waals surface area contributed by atoms with E-state index in [4.69, 9.17) is 5.11 Å². The zero-order chi connectivity index (χ0) is 22.2. The van der Waals surface area contributed by atoms with Crippen molar-refractivity contribution >= 4 is 11.9 Å². The number of carbonyl (C=O) groups is 2. The lowest BCUT2D eigenvalue weighted by atomic mass is 9.89. The molecule has 1 aliphatic heterocycles. The molecule has 7 heteroatoms. The third kappa shape index (κ3) is 6.36. The molecule has 1 aromatic carbocycles. The van der Waals surface area contributed by atoms with Gasteiger partial charge in [-0.1, -0.05) is 49.2 Å². The number of carbonyl (C=O) groups excluding carboxylic acids is 1. The second-order valence-electron chi connectivity index (χ2n) is 8.05. The molecule has 0 unspecified atom stereocenters. The molecule has 0 bridgehead atoms. The van der Waals surface area contributed by atoms with Crippen LogP contribution in [0.4, 0.5) is 8.78 Å². The second-order valence-corrected chi connectivity index (χ2v) is 8.05. The van der Waals surface area contributed by atoms with Crippen LogP contribution in [0.3, 0.4) is 0 Å². The summed E-state index contributed by atoms with van der Waals surface area (Å²) >= 11 is 0. The van der Waals surface area contributed by atoms with Crippen LogP contribution in [-0.2, 0) is 15.5 Å². The van der Waals surface area contributed by atoms with Gasteiger partial charge in [0.1, 0.15) is 5.60 Å². The van der Waals surface area contributed by atoms with E-state index in [0.717, 1.165) is 32.3 Å². The van der Waals surface area contributed by atoms with E-state index >= 15 is 0 Å². The summed E-state index contributed by atoms with van der Waals surface area (Å²) in [5, 5.41) is 19.2. The Kier molecular flexibility index (Phi) is 8.53. The van der Waals surface area contributed by atoms with Crippen LogP contribution in [0, 0.1) is 0 Å². The average molecular weight is 424 g/mol. The zero-order valence-corrected chi connectivity index (χ0v) is 17.4. The lowest BCUT2D eigenvalue weighted by Gasteiger charge is -2.35. The van der Waals surface area contributed by atoms with Gasteiger partial charge in [-0.15, -0.1) is 0 Å². The highest BCUT2D eigenvalue weighted by atomic mass is 19.3. The van der Waals surface area contributed by atoms with Crippen LogP contribution in [0.5, 0.6) is 0 Å². The number of benzene rings is 1. The third-order valence-electron chi connectivity index (χ3n) is 5.57. The minimum absolute atomic E-state index is 0.0177. The maximum atomic E-state index is 14.8. The number of aliphatic carboxylic acids is 1. The van der Waals surface area contributed by atoms with Crippen LogP contribution in [0.25, 0.3) is 0 Å². The van der Waals surface area contributed by atoms with Crippen molar-refractivity contribution in [1.82, 2.24) is 4.90 Å².